The van der Waals surface area contributed by atoms with Gasteiger partial charge in [-0.3, -0.25) is 4.79 Å². The lowest BCUT2D eigenvalue weighted by atomic mass is 10.1. The number of aromatic nitrogens is 2. The zero-order valence-electron chi connectivity index (χ0n) is 11.7. The molecule has 1 aromatic heterocycles. The summed E-state index contributed by atoms with van der Waals surface area (Å²) in [5, 5.41) is 0.491. The molecule has 21 heavy (non-hydrogen) atoms. The summed E-state index contributed by atoms with van der Waals surface area (Å²) in [6.07, 6.45) is 0.782. The van der Waals surface area contributed by atoms with E-state index in [1.165, 1.54) is 0 Å². The van der Waals surface area contributed by atoms with Gasteiger partial charge in [-0.05, 0) is 24.3 Å². The fourth-order valence-electron chi connectivity index (χ4n) is 2.49. The van der Waals surface area contributed by atoms with Crippen molar-refractivity contribution in [2.24, 2.45) is 0 Å². The maximum Gasteiger partial charge on any atom is 0.184 e. The molecule has 0 aliphatic carbocycles. The molecule has 0 N–H and O–H groups in total. The Bertz CT molecular complexity index is 807. The highest BCUT2D eigenvalue weighted by Crippen LogP contribution is 2.20. The number of fused-ring (bicyclic) bond motifs is 1. The molecule has 1 heterocycles. The first-order valence-corrected chi connectivity index (χ1v) is 7.30. The molecule has 106 valence electrons. The van der Waals surface area contributed by atoms with Crippen LogP contribution in [0.25, 0.3) is 11.0 Å². The molecular formula is C17H15ClN2O. The number of halogens is 1. The molecule has 0 aliphatic heterocycles. The van der Waals surface area contributed by atoms with Gasteiger partial charge in [0.1, 0.15) is 5.82 Å². The van der Waals surface area contributed by atoms with Gasteiger partial charge in [0.05, 0.1) is 22.6 Å². The van der Waals surface area contributed by atoms with Crippen LogP contribution in [0.1, 0.15) is 23.1 Å². The number of ketones is 1. The normalized spacial score (nSPS) is 11.0. The Morgan fingerprint density at radius 3 is 2.62 bits per heavy atom. The van der Waals surface area contributed by atoms with Crippen LogP contribution in [-0.2, 0) is 13.0 Å². The molecule has 0 unspecified atom stereocenters. The number of hydrogen-bond donors (Lipinski definition) is 0. The van der Waals surface area contributed by atoms with Crippen molar-refractivity contribution in [3.05, 3.63) is 64.9 Å². The molecule has 0 aliphatic rings. The average molecular weight is 299 g/mol. The maximum absolute atomic E-state index is 12.5. The first-order valence-electron chi connectivity index (χ1n) is 6.92. The second-order valence-electron chi connectivity index (χ2n) is 4.86. The number of benzene rings is 2. The van der Waals surface area contributed by atoms with E-state index in [0.29, 0.717) is 10.6 Å². The number of Topliss-reactive ketones (excluding diaryl/α,β-unsaturated/α-hetero) is 1. The van der Waals surface area contributed by atoms with Gasteiger partial charge in [-0.15, -0.1) is 0 Å². The summed E-state index contributed by atoms with van der Waals surface area (Å²) in [5.74, 6) is 0.912. The van der Waals surface area contributed by atoms with Crippen LogP contribution in [-0.4, -0.2) is 15.3 Å². The van der Waals surface area contributed by atoms with Gasteiger partial charge in [-0.2, -0.15) is 0 Å². The van der Waals surface area contributed by atoms with Crippen LogP contribution in [0.3, 0.4) is 0 Å². The third-order valence-corrected chi connectivity index (χ3v) is 3.86. The van der Waals surface area contributed by atoms with Crippen LogP contribution in [0.4, 0.5) is 0 Å². The lowest BCUT2D eigenvalue weighted by Crippen LogP contribution is -2.13. The SMILES string of the molecule is CCc1nc2ccccc2n1CC(=O)c1ccccc1Cl. The van der Waals surface area contributed by atoms with E-state index < -0.39 is 0 Å². The Morgan fingerprint density at radius 1 is 1.14 bits per heavy atom. The molecule has 0 saturated heterocycles. The molecule has 0 bridgehead atoms. The van der Waals surface area contributed by atoms with Gasteiger partial charge in [0.25, 0.3) is 0 Å². The van der Waals surface area contributed by atoms with E-state index in [2.05, 4.69) is 4.98 Å². The van der Waals surface area contributed by atoms with Crippen molar-refractivity contribution in [3.63, 3.8) is 0 Å². The van der Waals surface area contributed by atoms with Gasteiger partial charge in [-0.1, -0.05) is 42.8 Å². The van der Waals surface area contributed by atoms with Crippen molar-refractivity contribution < 1.29 is 4.79 Å². The highest BCUT2D eigenvalue weighted by molar-refractivity contribution is 6.33. The highest BCUT2D eigenvalue weighted by atomic mass is 35.5. The fraction of sp³-hybridized carbons (Fsp3) is 0.176. The van der Waals surface area contributed by atoms with Crippen molar-refractivity contribution in [3.8, 4) is 0 Å². The second kappa shape index (κ2) is 5.70. The molecular weight excluding hydrogens is 284 g/mol. The number of aryl methyl sites for hydroxylation is 1. The molecule has 0 amide bonds. The molecule has 4 heteroatoms. The number of imidazole rings is 1. The lowest BCUT2D eigenvalue weighted by molar-refractivity contribution is 0.0972. The highest BCUT2D eigenvalue weighted by Gasteiger charge is 2.15. The van der Waals surface area contributed by atoms with Gasteiger partial charge in [0.2, 0.25) is 0 Å². The van der Waals surface area contributed by atoms with Crippen LogP contribution >= 0.6 is 11.6 Å². The Labute approximate surface area is 128 Å². The van der Waals surface area contributed by atoms with Crippen LogP contribution in [0.2, 0.25) is 5.02 Å². The van der Waals surface area contributed by atoms with E-state index in [1.54, 1.807) is 12.1 Å². The smallest absolute Gasteiger partial charge is 0.184 e. The van der Waals surface area contributed by atoms with Crippen molar-refractivity contribution in [1.29, 1.82) is 0 Å². The van der Waals surface area contributed by atoms with Crippen molar-refractivity contribution in [2.45, 2.75) is 19.9 Å². The quantitative estimate of drug-likeness (QED) is 0.679. The fourth-order valence-corrected chi connectivity index (χ4v) is 2.73. The van der Waals surface area contributed by atoms with Gasteiger partial charge >= 0.3 is 0 Å². The molecule has 0 atom stereocenters. The Hall–Kier alpha value is -2.13. The Balaban J connectivity index is 2.02. The molecule has 3 aromatic rings. The topological polar surface area (TPSA) is 34.9 Å². The lowest BCUT2D eigenvalue weighted by Gasteiger charge is -2.08. The molecule has 0 fully saturated rings. The number of carbonyl (C=O) groups is 1. The largest absolute Gasteiger partial charge is 0.320 e. The van der Waals surface area contributed by atoms with Gasteiger partial charge in [0, 0.05) is 12.0 Å². The van der Waals surface area contributed by atoms with Crippen LogP contribution in [0.5, 0.6) is 0 Å². The molecule has 0 spiro atoms. The molecule has 3 rings (SSSR count). The first-order chi connectivity index (χ1) is 10.2. The summed E-state index contributed by atoms with van der Waals surface area (Å²) in [4.78, 5) is 17.1. The predicted octanol–water partition coefficient (Wildman–Crippen LogP) is 4.14. The minimum atomic E-state index is -0.00143. The third kappa shape index (κ3) is 2.57. The second-order valence-corrected chi connectivity index (χ2v) is 5.27. The minimum absolute atomic E-state index is 0.00143. The third-order valence-electron chi connectivity index (χ3n) is 3.53. The summed E-state index contributed by atoms with van der Waals surface area (Å²) < 4.78 is 1.97. The number of para-hydroxylation sites is 2. The number of nitrogens with zero attached hydrogens (tertiary/aromatic N) is 2. The zero-order chi connectivity index (χ0) is 14.8. The first kappa shape index (κ1) is 13.8. The zero-order valence-corrected chi connectivity index (χ0v) is 12.5. The number of carbonyl (C=O) groups excluding carboxylic acids is 1. The van der Waals surface area contributed by atoms with E-state index in [4.69, 9.17) is 11.6 Å². The van der Waals surface area contributed by atoms with Crippen molar-refractivity contribution >= 4 is 28.4 Å². The number of hydrogen-bond acceptors (Lipinski definition) is 2. The summed E-state index contributed by atoms with van der Waals surface area (Å²) in [6, 6.07) is 15.0. The summed E-state index contributed by atoms with van der Waals surface area (Å²) in [7, 11) is 0. The molecule has 0 saturated carbocycles. The van der Waals surface area contributed by atoms with E-state index in [0.717, 1.165) is 23.3 Å². The number of rotatable bonds is 4. The average Bonchev–Trinajstić information content (AvgIpc) is 2.86. The van der Waals surface area contributed by atoms with E-state index >= 15 is 0 Å². The van der Waals surface area contributed by atoms with Crippen molar-refractivity contribution in [1.82, 2.24) is 9.55 Å². The summed E-state index contributed by atoms with van der Waals surface area (Å²) in [5.41, 5.74) is 2.45. The van der Waals surface area contributed by atoms with Gasteiger partial charge < -0.3 is 4.57 Å². The molecule has 2 aromatic carbocycles. The van der Waals surface area contributed by atoms with Crippen LogP contribution < -0.4 is 0 Å². The van der Waals surface area contributed by atoms with Gasteiger partial charge in [-0.25, -0.2) is 4.98 Å². The predicted molar refractivity (Wildman–Crippen MR) is 84.9 cm³/mol. The van der Waals surface area contributed by atoms with E-state index in [9.17, 15) is 4.79 Å². The van der Waals surface area contributed by atoms with E-state index in [-0.39, 0.29) is 12.3 Å². The van der Waals surface area contributed by atoms with E-state index in [1.807, 2.05) is 47.9 Å². The van der Waals surface area contributed by atoms with Gasteiger partial charge in [0.15, 0.2) is 5.78 Å². The van der Waals surface area contributed by atoms with Crippen LogP contribution in [0, 0.1) is 0 Å². The summed E-state index contributed by atoms with van der Waals surface area (Å²) >= 11 is 6.11. The minimum Gasteiger partial charge on any atom is -0.320 e. The monoisotopic (exact) mass is 298 g/mol. The Kier molecular flexibility index (Phi) is 3.76. The summed E-state index contributed by atoms with van der Waals surface area (Å²) in [6.45, 7) is 2.30. The maximum atomic E-state index is 12.5. The molecule has 3 nitrogen and oxygen atoms in total. The Morgan fingerprint density at radius 2 is 1.86 bits per heavy atom. The van der Waals surface area contributed by atoms with Crippen LogP contribution in [0.15, 0.2) is 48.5 Å². The standard InChI is InChI=1S/C17H15ClN2O/c1-2-17-19-14-9-5-6-10-15(14)20(17)11-16(21)12-7-3-4-8-13(12)18/h3-10H,2,11H2,1H3. The van der Waals surface area contributed by atoms with Crippen molar-refractivity contribution in [2.75, 3.05) is 0 Å². The molecule has 0 radical (unpaired) electrons.